The lowest BCUT2D eigenvalue weighted by atomic mass is 10.0. The fraction of sp³-hybridized carbons (Fsp3) is 0.0667. The summed E-state index contributed by atoms with van der Waals surface area (Å²) in [5.41, 5.74) is 2.58. The van der Waals surface area contributed by atoms with Crippen LogP contribution in [0.25, 0.3) is 0 Å². The molecular weight excluding hydrogens is 311 g/mol. The third-order valence-corrected chi connectivity index (χ3v) is 3.51. The van der Waals surface area contributed by atoms with Gasteiger partial charge in [-0.2, -0.15) is 9.98 Å². The molecule has 0 atom stereocenters. The van der Waals surface area contributed by atoms with Gasteiger partial charge < -0.3 is 0 Å². The second kappa shape index (κ2) is 6.98. The summed E-state index contributed by atoms with van der Waals surface area (Å²) in [6.45, 7) is 0. The van der Waals surface area contributed by atoms with E-state index in [1.165, 1.54) is 12.2 Å². The molecule has 0 aliphatic heterocycles. The Hall–Kier alpha value is -2.22. The standard InChI is InChI=1S/C15H8Cl2N2O2/c16-14-6-12(18-8-20)3-1-10(14)5-11-2-4-13(19-9-21)7-15(11)17/h1-4,6-7H,5H2. The van der Waals surface area contributed by atoms with Crippen LogP contribution in [0.15, 0.2) is 46.4 Å². The van der Waals surface area contributed by atoms with Crippen LogP contribution < -0.4 is 0 Å². The number of benzene rings is 2. The quantitative estimate of drug-likeness (QED) is 0.614. The monoisotopic (exact) mass is 318 g/mol. The van der Waals surface area contributed by atoms with Crippen LogP contribution in [0.1, 0.15) is 11.1 Å². The summed E-state index contributed by atoms with van der Waals surface area (Å²) in [4.78, 5) is 27.4. The fourth-order valence-electron chi connectivity index (χ4n) is 1.81. The number of nitrogens with zero attached hydrogens (tertiary/aromatic N) is 2. The third kappa shape index (κ3) is 3.88. The molecule has 0 aromatic heterocycles. The van der Waals surface area contributed by atoms with Gasteiger partial charge >= 0.3 is 0 Å². The van der Waals surface area contributed by atoms with Crippen LogP contribution in [-0.4, -0.2) is 12.2 Å². The van der Waals surface area contributed by atoms with Gasteiger partial charge in [0.25, 0.3) is 0 Å². The molecule has 4 nitrogen and oxygen atoms in total. The summed E-state index contributed by atoms with van der Waals surface area (Å²) in [5, 5.41) is 0.968. The van der Waals surface area contributed by atoms with Crippen LogP contribution in [0.4, 0.5) is 11.4 Å². The topological polar surface area (TPSA) is 58.9 Å². The average molecular weight is 319 g/mol. The highest BCUT2D eigenvalue weighted by molar-refractivity contribution is 6.32. The van der Waals surface area contributed by atoms with Crippen molar-refractivity contribution in [2.75, 3.05) is 0 Å². The van der Waals surface area contributed by atoms with E-state index in [0.29, 0.717) is 27.8 Å². The van der Waals surface area contributed by atoms with Crippen molar-refractivity contribution in [3.63, 3.8) is 0 Å². The van der Waals surface area contributed by atoms with Crippen LogP contribution in [0, 0.1) is 0 Å². The third-order valence-electron chi connectivity index (χ3n) is 2.80. The van der Waals surface area contributed by atoms with Crippen molar-refractivity contribution in [1.29, 1.82) is 0 Å². The molecule has 0 spiro atoms. The van der Waals surface area contributed by atoms with Crippen LogP contribution in [0.5, 0.6) is 0 Å². The Labute approximate surface area is 130 Å². The first kappa shape index (κ1) is 15.2. The minimum atomic E-state index is 0.445. The van der Waals surface area contributed by atoms with Gasteiger partial charge in [-0.25, -0.2) is 9.59 Å². The van der Waals surface area contributed by atoms with Crippen LogP contribution in [-0.2, 0) is 16.0 Å². The SMILES string of the molecule is O=C=Nc1ccc(Cc2ccc(N=C=O)cc2Cl)c(Cl)c1. The summed E-state index contributed by atoms with van der Waals surface area (Å²) < 4.78 is 0. The lowest BCUT2D eigenvalue weighted by Gasteiger charge is -2.07. The zero-order valence-electron chi connectivity index (χ0n) is 10.6. The Kier molecular flexibility index (Phi) is 5.04. The van der Waals surface area contributed by atoms with Crippen molar-refractivity contribution in [2.24, 2.45) is 9.98 Å². The van der Waals surface area contributed by atoms with Gasteiger partial charge in [-0.3, -0.25) is 0 Å². The normalized spacial score (nSPS) is 9.62. The van der Waals surface area contributed by atoms with Crippen LogP contribution in [0.2, 0.25) is 10.0 Å². The molecule has 0 N–H and O–H groups in total. The van der Waals surface area contributed by atoms with E-state index in [2.05, 4.69) is 9.98 Å². The molecule has 0 fully saturated rings. The van der Waals surface area contributed by atoms with Gasteiger partial charge in [-0.15, -0.1) is 0 Å². The van der Waals surface area contributed by atoms with E-state index in [9.17, 15) is 9.59 Å². The molecule has 0 radical (unpaired) electrons. The summed E-state index contributed by atoms with van der Waals surface area (Å²) in [5.74, 6) is 0. The fourth-order valence-corrected chi connectivity index (χ4v) is 2.29. The summed E-state index contributed by atoms with van der Waals surface area (Å²) >= 11 is 12.3. The zero-order valence-corrected chi connectivity index (χ0v) is 12.1. The molecule has 0 saturated heterocycles. The van der Waals surface area contributed by atoms with Crippen molar-refractivity contribution < 1.29 is 9.59 Å². The van der Waals surface area contributed by atoms with Crippen molar-refractivity contribution >= 4 is 46.7 Å². The smallest absolute Gasteiger partial charge is 0.211 e. The number of aliphatic imine (C=N–C) groups is 2. The molecule has 0 aliphatic carbocycles. The highest BCUT2D eigenvalue weighted by Gasteiger charge is 2.07. The molecule has 2 aromatic carbocycles. The molecule has 21 heavy (non-hydrogen) atoms. The van der Waals surface area contributed by atoms with Gasteiger partial charge in [-0.1, -0.05) is 35.3 Å². The van der Waals surface area contributed by atoms with E-state index in [4.69, 9.17) is 23.2 Å². The summed E-state index contributed by atoms with van der Waals surface area (Å²) in [6, 6.07) is 10.1. The molecular formula is C15H8Cl2N2O2. The number of halogens is 2. The summed E-state index contributed by atoms with van der Waals surface area (Å²) in [7, 11) is 0. The summed E-state index contributed by atoms with van der Waals surface area (Å²) in [6.07, 6.45) is 3.43. The van der Waals surface area contributed by atoms with Crippen molar-refractivity contribution in [1.82, 2.24) is 0 Å². The second-order valence-electron chi connectivity index (χ2n) is 4.13. The van der Waals surface area contributed by atoms with E-state index in [-0.39, 0.29) is 0 Å². The van der Waals surface area contributed by atoms with Gasteiger partial charge in [0.2, 0.25) is 12.2 Å². The Bertz CT molecular complexity index is 712. The van der Waals surface area contributed by atoms with Crippen molar-refractivity contribution in [3.8, 4) is 0 Å². The highest BCUT2D eigenvalue weighted by Crippen LogP contribution is 2.29. The molecule has 0 heterocycles. The van der Waals surface area contributed by atoms with Gasteiger partial charge in [0.15, 0.2) is 0 Å². The number of isocyanates is 2. The van der Waals surface area contributed by atoms with Gasteiger partial charge in [0.05, 0.1) is 11.4 Å². The number of rotatable bonds is 4. The number of hydrogen-bond acceptors (Lipinski definition) is 4. The highest BCUT2D eigenvalue weighted by atomic mass is 35.5. The van der Waals surface area contributed by atoms with Crippen LogP contribution in [0.3, 0.4) is 0 Å². The zero-order chi connectivity index (χ0) is 15.2. The Balaban J connectivity index is 2.29. The maximum Gasteiger partial charge on any atom is 0.240 e. The van der Waals surface area contributed by atoms with Gasteiger partial charge in [-0.05, 0) is 35.4 Å². The maximum atomic E-state index is 10.2. The molecule has 2 aromatic rings. The Morgan fingerprint density at radius 1 is 0.810 bits per heavy atom. The lowest BCUT2D eigenvalue weighted by molar-refractivity contribution is 0.564. The van der Waals surface area contributed by atoms with E-state index >= 15 is 0 Å². The van der Waals surface area contributed by atoms with E-state index in [1.807, 2.05) is 0 Å². The first-order chi connectivity index (χ1) is 10.1. The second-order valence-corrected chi connectivity index (χ2v) is 4.95. The molecule has 0 saturated carbocycles. The van der Waals surface area contributed by atoms with Gasteiger partial charge in [0.1, 0.15) is 0 Å². The maximum absolute atomic E-state index is 10.2. The molecule has 0 amide bonds. The first-order valence-corrected chi connectivity index (χ1v) is 6.62. The molecule has 2 rings (SSSR count). The largest absolute Gasteiger partial charge is 0.240 e. The predicted octanol–water partition coefficient (Wildman–Crippen LogP) is 4.52. The van der Waals surface area contributed by atoms with Crippen molar-refractivity contribution in [3.05, 3.63) is 57.6 Å². The first-order valence-electron chi connectivity index (χ1n) is 5.86. The minimum Gasteiger partial charge on any atom is -0.211 e. The van der Waals surface area contributed by atoms with Gasteiger partial charge in [0, 0.05) is 16.5 Å². The predicted molar refractivity (Wildman–Crippen MR) is 81.3 cm³/mol. The number of hydrogen-bond donors (Lipinski definition) is 0. The minimum absolute atomic E-state index is 0.445. The molecule has 0 aliphatic rings. The Morgan fingerprint density at radius 3 is 1.57 bits per heavy atom. The molecule has 104 valence electrons. The molecule has 6 heteroatoms. The van der Waals surface area contributed by atoms with Crippen molar-refractivity contribution in [2.45, 2.75) is 6.42 Å². The lowest BCUT2D eigenvalue weighted by Crippen LogP contribution is -1.90. The average Bonchev–Trinajstić information content (AvgIpc) is 2.45. The molecule has 0 unspecified atom stereocenters. The van der Waals surface area contributed by atoms with E-state index in [1.54, 1.807) is 36.4 Å². The molecule has 0 bridgehead atoms. The number of carbonyl (C=O) groups excluding carboxylic acids is 2. The van der Waals surface area contributed by atoms with Crippen LogP contribution >= 0.6 is 23.2 Å². The van der Waals surface area contributed by atoms with E-state index in [0.717, 1.165) is 11.1 Å². The van der Waals surface area contributed by atoms with E-state index < -0.39 is 0 Å². The Morgan fingerprint density at radius 2 is 1.24 bits per heavy atom.